The van der Waals surface area contributed by atoms with Crippen LogP contribution in [0.25, 0.3) is 0 Å². The fourth-order valence-corrected chi connectivity index (χ4v) is 1.17. The molecule has 0 saturated heterocycles. The second-order valence-corrected chi connectivity index (χ2v) is 2.86. The molecular weight excluding hydrogens is 221 g/mol. The van der Waals surface area contributed by atoms with Gasteiger partial charge in [0.15, 0.2) is 6.29 Å². The lowest BCUT2D eigenvalue weighted by atomic mass is 10.1. The molecule has 0 saturated carbocycles. The molecule has 0 aliphatic carbocycles. The molecule has 1 rings (SSSR count). The lowest BCUT2D eigenvalue weighted by Gasteiger charge is -2.10. The van der Waals surface area contributed by atoms with Gasteiger partial charge in [-0.3, -0.25) is 4.79 Å². The number of aromatic hydroxyl groups is 1. The molecule has 76 valence electrons. The molecule has 6 heteroatoms. The summed E-state index contributed by atoms with van der Waals surface area (Å²) in [5.41, 5.74) is -1.44. The summed E-state index contributed by atoms with van der Waals surface area (Å²) in [5.74, 6) is -0.850. The number of hydrogen-bond donors (Lipinski definition) is 1. The average molecular weight is 225 g/mol. The van der Waals surface area contributed by atoms with E-state index in [9.17, 15) is 18.0 Å². The third-order valence-electron chi connectivity index (χ3n) is 1.58. The Morgan fingerprint density at radius 2 is 1.93 bits per heavy atom. The predicted molar refractivity (Wildman–Crippen MR) is 43.5 cm³/mol. The van der Waals surface area contributed by atoms with Crippen molar-refractivity contribution in [3.05, 3.63) is 28.3 Å². The monoisotopic (exact) mass is 224 g/mol. The molecule has 0 unspecified atom stereocenters. The quantitative estimate of drug-likeness (QED) is 0.745. The van der Waals surface area contributed by atoms with E-state index in [1.165, 1.54) is 0 Å². The van der Waals surface area contributed by atoms with E-state index in [4.69, 9.17) is 16.7 Å². The Bertz CT molecular complexity index is 374. The fraction of sp³-hybridized carbons (Fsp3) is 0.125. The average Bonchev–Trinajstić information content (AvgIpc) is 2.07. The summed E-state index contributed by atoms with van der Waals surface area (Å²) in [6.45, 7) is 0. The van der Waals surface area contributed by atoms with Gasteiger partial charge < -0.3 is 5.11 Å². The minimum atomic E-state index is -4.64. The minimum Gasteiger partial charge on any atom is -0.506 e. The van der Waals surface area contributed by atoms with E-state index in [0.29, 0.717) is 6.07 Å². The van der Waals surface area contributed by atoms with Gasteiger partial charge >= 0.3 is 6.18 Å². The molecule has 1 aromatic rings. The van der Waals surface area contributed by atoms with Crippen LogP contribution in [0.3, 0.4) is 0 Å². The Balaban J connectivity index is 3.38. The van der Waals surface area contributed by atoms with Crippen molar-refractivity contribution in [2.75, 3.05) is 0 Å². The molecule has 0 radical (unpaired) electrons. The van der Waals surface area contributed by atoms with Crippen molar-refractivity contribution in [3.8, 4) is 5.75 Å². The lowest BCUT2D eigenvalue weighted by Crippen LogP contribution is -2.06. The summed E-state index contributed by atoms with van der Waals surface area (Å²) in [5, 5.41) is 8.22. The number of phenolic OH excluding ortho intramolecular Hbond substituents is 1. The first kappa shape index (κ1) is 10.8. The maximum Gasteiger partial charge on any atom is 0.417 e. The van der Waals surface area contributed by atoms with Crippen LogP contribution in [-0.2, 0) is 6.18 Å². The molecule has 0 amide bonds. The topological polar surface area (TPSA) is 37.3 Å². The summed E-state index contributed by atoms with van der Waals surface area (Å²) in [7, 11) is 0. The van der Waals surface area contributed by atoms with Crippen LogP contribution in [0.4, 0.5) is 13.2 Å². The van der Waals surface area contributed by atoms with Gasteiger partial charge in [-0.25, -0.2) is 0 Å². The highest BCUT2D eigenvalue weighted by atomic mass is 35.5. The highest BCUT2D eigenvalue weighted by Crippen LogP contribution is 2.39. The molecule has 0 aromatic heterocycles. The van der Waals surface area contributed by atoms with E-state index in [2.05, 4.69) is 0 Å². The standard InChI is InChI=1S/C8H4ClF3O2/c9-6-5(8(10,11)12)2-1-4(3-13)7(6)14/h1-3,14H. The first-order chi connectivity index (χ1) is 6.38. The molecule has 0 atom stereocenters. The van der Waals surface area contributed by atoms with Gasteiger partial charge in [0.25, 0.3) is 0 Å². The van der Waals surface area contributed by atoms with Crippen LogP contribution in [-0.4, -0.2) is 11.4 Å². The van der Waals surface area contributed by atoms with Crippen LogP contribution in [0.2, 0.25) is 5.02 Å². The normalized spacial score (nSPS) is 11.4. The maximum absolute atomic E-state index is 12.2. The van der Waals surface area contributed by atoms with Crippen molar-refractivity contribution in [3.63, 3.8) is 0 Å². The number of benzene rings is 1. The van der Waals surface area contributed by atoms with Crippen molar-refractivity contribution >= 4 is 17.9 Å². The van der Waals surface area contributed by atoms with Crippen LogP contribution in [0.15, 0.2) is 12.1 Å². The molecular formula is C8H4ClF3O2. The second-order valence-electron chi connectivity index (χ2n) is 2.48. The van der Waals surface area contributed by atoms with Gasteiger partial charge in [-0.2, -0.15) is 13.2 Å². The summed E-state index contributed by atoms with van der Waals surface area (Å²) in [4.78, 5) is 10.2. The van der Waals surface area contributed by atoms with E-state index < -0.39 is 22.5 Å². The minimum absolute atomic E-state index is 0.224. The van der Waals surface area contributed by atoms with E-state index in [-0.39, 0.29) is 11.8 Å². The zero-order valence-corrected chi connectivity index (χ0v) is 7.36. The van der Waals surface area contributed by atoms with Gasteiger partial charge in [0.1, 0.15) is 5.75 Å². The van der Waals surface area contributed by atoms with Crippen molar-refractivity contribution < 1.29 is 23.1 Å². The zero-order valence-electron chi connectivity index (χ0n) is 6.60. The third kappa shape index (κ3) is 1.82. The van der Waals surface area contributed by atoms with Crippen molar-refractivity contribution in [2.45, 2.75) is 6.18 Å². The van der Waals surface area contributed by atoms with Crippen LogP contribution in [0.1, 0.15) is 15.9 Å². The summed E-state index contributed by atoms with van der Waals surface area (Å²) < 4.78 is 36.5. The van der Waals surface area contributed by atoms with E-state index in [0.717, 1.165) is 6.07 Å². The Hall–Kier alpha value is -1.23. The van der Waals surface area contributed by atoms with Gasteiger partial charge in [0.05, 0.1) is 16.1 Å². The molecule has 0 spiro atoms. The molecule has 1 N–H and O–H groups in total. The first-order valence-corrected chi connectivity index (χ1v) is 3.79. The summed E-state index contributed by atoms with van der Waals surface area (Å²) in [6, 6.07) is 1.50. The van der Waals surface area contributed by atoms with Crippen LogP contribution >= 0.6 is 11.6 Å². The summed E-state index contributed by atoms with van der Waals surface area (Å²) in [6.07, 6.45) is -4.42. The first-order valence-electron chi connectivity index (χ1n) is 3.41. The van der Waals surface area contributed by atoms with Gasteiger partial charge in [0.2, 0.25) is 0 Å². The van der Waals surface area contributed by atoms with Gasteiger partial charge in [-0.1, -0.05) is 11.6 Å². The number of phenols is 1. The highest BCUT2D eigenvalue weighted by molar-refractivity contribution is 6.33. The van der Waals surface area contributed by atoms with E-state index in [1.54, 1.807) is 0 Å². The van der Waals surface area contributed by atoms with Gasteiger partial charge in [0, 0.05) is 0 Å². The molecule has 0 aliphatic rings. The molecule has 0 bridgehead atoms. The molecule has 14 heavy (non-hydrogen) atoms. The van der Waals surface area contributed by atoms with E-state index in [1.807, 2.05) is 0 Å². The SMILES string of the molecule is O=Cc1ccc(C(F)(F)F)c(Cl)c1O. The highest BCUT2D eigenvalue weighted by Gasteiger charge is 2.34. The smallest absolute Gasteiger partial charge is 0.417 e. The Kier molecular flexibility index (Phi) is 2.71. The zero-order chi connectivity index (χ0) is 10.9. The predicted octanol–water partition coefficient (Wildman–Crippen LogP) is 2.88. The molecule has 1 aromatic carbocycles. The molecule has 0 fully saturated rings. The Morgan fingerprint density at radius 1 is 1.36 bits per heavy atom. The maximum atomic E-state index is 12.2. The third-order valence-corrected chi connectivity index (χ3v) is 1.96. The largest absolute Gasteiger partial charge is 0.506 e. The molecule has 0 heterocycles. The number of halogens is 4. The fourth-order valence-electron chi connectivity index (χ4n) is 0.894. The van der Waals surface area contributed by atoms with Crippen LogP contribution in [0, 0.1) is 0 Å². The van der Waals surface area contributed by atoms with Crippen molar-refractivity contribution in [2.24, 2.45) is 0 Å². The number of rotatable bonds is 1. The van der Waals surface area contributed by atoms with Crippen molar-refractivity contribution in [1.29, 1.82) is 0 Å². The number of carbonyl (C=O) groups is 1. The lowest BCUT2D eigenvalue weighted by molar-refractivity contribution is -0.137. The van der Waals surface area contributed by atoms with Gasteiger partial charge in [-0.05, 0) is 12.1 Å². The van der Waals surface area contributed by atoms with Crippen molar-refractivity contribution in [1.82, 2.24) is 0 Å². The summed E-state index contributed by atoms with van der Waals surface area (Å²) >= 11 is 5.23. The Labute approximate surface area is 81.9 Å². The Morgan fingerprint density at radius 3 is 2.36 bits per heavy atom. The van der Waals surface area contributed by atoms with Crippen LogP contribution < -0.4 is 0 Å². The molecule has 2 nitrogen and oxygen atoms in total. The molecule has 0 aliphatic heterocycles. The number of alkyl halides is 3. The van der Waals surface area contributed by atoms with Gasteiger partial charge in [-0.15, -0.1) is 0 Å². The number of hydrogen-bond acceptors (Lipinski definition) is 2. The number of carbonyl (C=O) groups excluding carboxylic acids is 1. The number of aldehydes is 1. The van der Waals surface area contributed by atoms with E-state index >= 15 is 0 Å². The second kappa shape index (κ2) is 3.49. The van der Waals surface area contributed by atoms with Crippen LogP contribution in [0.5, 0.6) is 5.75 Å².